The maximum absolute atomic E-state index is 12.6. The largest absolute Gasteiger partial charge is 0.452 e. The number of ether oxygens (including phenoxy) is 2. The predicted octanol–water partition coefficient (Wildman–Crippen LogP) is 6.01. The SMILES string of the molecule is COC(=O)N1c2ccc3c(nc(CC4CCC(OC)CC4)n3C3CCC(C(C)=O)CC3)c2CC[C@@H]1C. The highest BCUT2D eigenvalue weighted by molar-refractivity contribution is 5.95. The van der Waals surface area contributed by atoms with Gasteiger partial charge < -0.3 is 14.0 Å². The zero-order valence-corrected chi connectivity index (χ0v) is 22.3. The normalized spacial score (nSPS) is 28.7. The van der Waals surface area contributed by atoms with E-state index < -0.39 is 0 Å². The van der Waals surface area contributed by atoms with Crippen molar-refractivity contribution in [3.05, 3.63) is 23.5 Å². The van der Waals surface area contributed by atoms with Crippen LogP contribution in [-0.4, -0.2) is 47.8 Å². The van der Waals surface area contributed by atoms with Crippen LogP contribution in [0.3, 0.4) is 0 Å². The van der Waals surface area contributed by atoms with E-state index in [0.717, 1.165) is 74.6 Å². The van der Waals surface area contributed by atoms with Crippen LogP contribution in [0.15, 0.2) is 12.1 Å². The van der Waals surface area contributed by atoms with Crippen LogP contribution in [0.4, 0.5) is 10.5 Å². The van der Waals surface area contributed by atoms with Crippen LogP contribution in [0.25, 0.3) is 11.0 Å². The molecule has 2 aliphatic carbocycles. The highest BCUT2D eigenvalue weighted by Crippen LogP contribution is 2.41. The summed E-state index contributed by atoms with van der Waals surface area (Å²) >= 11 is 0. The van der Waals surface area contributed by atoms with Crippen LogP contribution in [0.2, 0.25) is 0 Å². The van der Waals surface area contributed by atoms with Gasteiger partial charge in [-0.05, 0) is 96.1 Å². The van der Waals surface area contributed by atoms with Gasteiger partial charge >= 0.3 is 6.09 Å². The van der Waals surface area contributed by atoms with E-state index in [9.17, 15) is 9.59 Å². The Balaban J connectivity index is 1.53. The molecule has 7 heteroatoms. The molecule has 7 nitrogen and oxygen atoms in total. The monoisotopic (exact) mass is 495 g/mol. The number of carbonyl (C=O) groups is 2. The quantitative estimate of drug-likeness (QED) is 0.508. The number of carbonyl (C=O) groups excluding carboxylic acids is 2. The number of ketones is 1. The Bertz CT molecular complexity index is 1110. The number of hydrogen-bond acceptors (Lipinski definition) is 5. The summed E-state index contributed by atoms with van der Waals surface area (Å²) in [6, 6.07) is 4.73. The molecule has 0 radical (unpaired) electrons. The van der Waals surface area contributed by atoms with Crippen molar-refractivity contribution in [1.82, 2.24) is 9.55 Å². The fourth-order valence-electron chi connectivity index (χ4n) is 6.94. The molecule has 2 aromatic rings. The van der Waals surface area contributed by atoms with Gasteiger partial charge in [-0.3, -0.25) is 9.69 Å². The Labute approximate surface area is 214 Å². The van der Waals surface area contributed by atoms with E-state index in [4.69, 9.17) is 14.5 Å². The molecule has 1 aliphatic heterocycles. The first-order chi connectivity index (χ1) is 17.4. The second kappa shape index (κ2) is 10.5. The number of anilines is 1. The second-order valence-electron chi connectivity index (χ2n) is 11.3. The molecule has 0 N–H and O–H groups in total. The number of fused-ring (bicyclic) bond motifs is 3. The van der Waals surface area contributed by atoms with Gasteiger partial charge in [0.15, 0.2) is 0 Å². The zero-order valence-electron chi connectivity index (χ0n) is 22.3. The third-order valence-electron chi connectivity index (χ3n) is 9.13. The van der Waals surface area contributed by atoms with Gasteiger partial charge in [-0.2, -0.15) is 0 Å². The summed E-state index contributed by atoms with van der Waals surface area (Å²) in [5.74, 6) is 2.31. The Morgan fingerprint density at radius 2 is 1.72 bits per heavy atom. The minimum atomic E-state index is -0.306. The van der Waals surface area contributed by atoms with Crippen molar-refractivity contribution in [3.8, 4) is 0 Å². The van der Waals surface area contributed by atoms with Crippen LogP contribution < -0.4 is 4.90 Å². The van der Waals surface area contributed by atoms with Gasteiger partial charge in [-0.1, -0.05) is 0 Å². The molecule has 1 aromatic heterocycles. The molecular weight excluding hydrogens is 454 g/mol. The lowest BCUT2D eigenvalue weighted by molar-refractivity contribution is -0.121. The van der Waals surface area contributed by atoms with E-state index >= 15 is 0 Å². The van der Waals surface area contributed by atoms with Crippen LogP contribution in [0.1, 0.15) is 89.1 Å². The van der Waals surface area contributed by atoms with Crippen molar-refractivity contribution >= 4 is 28.6 Å². The van der Waals surface area contributed by atoms with Crippen molar-refractivity contribution in [3.63, 3.8) is 0 Å². The van der Waals surface area contributed by atoms with E-state index in [-0.39, 0.29) is 18.1 Å². The van der Waals surface area contributed by atoms with E-state index in [1.165, 1.54) is 31.3 Å². The lowest BCUT2D eigenvalue weighted by atomic mass is 9.83. The van der Waals surface area contributed by atoms with Crippen LogP contribution in [0.5, 0.6) is 0 Å². The Morgan fingerprint density at radius 1 is 1.00 bits per heavy atom. The van der Waals surface area contributed by atoms with Crippen molar-refractivity contribution in [2.45, 2.75) is 103 Å². The zero-order chi connectivity index (χ0) is 25.4. The second-order valence-corrected chi connectivity index (χ2v) is 11.3. The van der Waals surface area contributed by atoms with Crippen molar-refractivity contribution in [2.75, 3.05) is 19.1 Å². The molecule has 0 unspecified atom stereocenters. The average Bonchev–Trinajstić information content (AvgIpc) is 3.26. The Hall–Kier alpha value is -2.41. The molecule has 36 heavy (non-hydrogen) atoms. The fraction of sp³-hybridized carbons (Fsp3) is 0.690. The Kier molecular flexibility index (Phi) is 7.38. The first kappa shape index (κ1) is 25.2. The van der Waals surface area contributed by atoms with E-state index in [2.05, 4.69) is 23.6 Å². The number of Topliss-reactive ketones (excluding diaryl/α,β-unsaturated/α-hetero) is 1. The van der Waals surface area contributed by atoms with Crippen LogP contribution in [-0.2, 0) is 27.1 Å². The standard InChI is InChI=1S/C29H41N3O4/c1-18-5-14-24-25(31(18)29(34)36-4)15-16-26-28(24)30-27(17-20-6-12-23(35-3)13-7-20)32(26)22-10-8-21(9-11-22)19(2)33/h15-16,18,20-23H,5-14,17H2,1-4H3/t18-,20?,21?,22?,23?/m0/s1. The third-order valence-corrected chi connectivity index (χ3v) is 9.13. The van der Waals surface area contributed by atoms with Gasteiger partial charge in [0.1, 0.15) is 11.6 Å². The number of hydrogen-bond donors (Lipinski definition) is 0. The van der Waals surface area contributed by atoms with Crippen molar-refractivity contribution in [2.24, 2.45) is 11.8 Å². The minimum Gasteiger partial charge on any atom is -0.452 e. The molecule has 2 fully saturated rings. The number of imidazole rings is 1. The molecule has 196 valence electrons. The molecule has 1 amide bonds. The molecule has 0 spiro atoms. The first-order valence-electron chi connectivity index (χ1n) is 13.8. The lowest BCUT2D eigenvalue weighted by Crippen LogP contribution is -2.42. The smallest absolute Gasteiger partial charge is 0.414 e. The molecule has 3 aliphatic rings. The van der Waals surface area contributed by atoms with Gasteiger partial charge in [0.25, 0.3) is 0 Å². The summed E-state index contributed by atoms with van der Waals surface area (Å²) in [4.78, 5) is 31.8. The summed E-state index contributed by atoms with van der Waals surface area (Å²) in [5, 5.41) is 0. The number of nitrogens with zero attached hydrogens (tertiary/aromatic N) is 3. The number of aromatic nitrogens is 2. The topological polar surface area (TPSA) is 73.7 Å². The van der Waals surface area contributed by atoms with Gasteiger partial charge in [0, 0.05) is 37.1 Å². The summed E-state index contributed by atoms with van der Waals surface area (Å²) in [7, 11) is 3.27. The highest BCUT2D eigenvalue weighted by Gasteiger charge is 2.34. The van der Waals surface area contributed by atoms with Gasteiger partial charge in [0.2, 0.25) is 0 Å². The predicted molar refractivity (Wildman–Crippen MR) is 141 cm³/mol. The summed E-state index contributed by atoms with van der Waals surface area (Å²) in [6.07, 6.45) is 11.4. The third kappa shape index (κ3) is 4.67. The molecule has 5 rings (SSSR count). The number of amides is 1. The molecule has 1 aromatic carbocycles. The molecule has 0 bridgehead atoms. The average molecular weight is 496 g/mol. The number of benzene rings is 1. The molecular formula is C29H41N3O4. The molecule has 0 saturated heterocycles. The number of methoxy groups -OCH3 is 2. The first-order valence-corrected chi connectivity index (χ1v) is 13.8. The molecule has 1 atom stereocenters. The summed E-state index contributed by atoms with van der Waals surface area (Å²) < 4.78 is 13.2. The fourth-order valence-corrected chi connectivity index (χ4v) is 6.94. The van der Waals surface area contributed by atoms with E-state index in [1.54, 1.807) is 11.8 Å². The maximum Gasteiger partial charge on any atom is 0.414 e. The van der Waals surface area contributed by atoms with E-state index in [0.29, 0.717) is 23.8 Å². The van der Waals surface area contributed by atoms with Crippen LogP contribution in [0, 0.1) is 11.8 Å². The number of aryl methyl sites for hydroxylation is 1. The Morgan fingerprint density at radius 3 is 2.36 bits per heavy atom. The van der Waals surface area contributed by atoms with Gasteiger partial charge in [-0.25, -0.2) is 9.78 Å². The van der Waals surface area contributed by atoms with Crippen molar-refractivity contribution in [1.29, 1.82) is 0 Å². The minimum absolute atomic E-state index is 0.0989. The number of rotatable bonds is 5. The van der Waals surface area contributed by atoms with E-state index in [1.807, 2.05) is 7.11 Å². The molecule has 2 saturated carbocycles. The summed E-state index contributed by atoms with van der Waals surface area (Å²) in [5.41, 5.74) is 4.32. The maximum atomic E-state index is 12.6. The van der Waals surface area contributed by atoms with Crippen molar-refractivity contribution < 1.29 is 19.1 Å². The van der Waals surface area contributed by atoms with Gasteiger partial charge in [0.05, 0.1) is 29.9 Å². The molecule has 2 heterocycles. The summed E-state index contributed by atoms with van der Waals surface area (Å²) in [6.45, 7) is 3.82. The van der Waals surface area contributed by atoms with Crippen LogP contribution >= 0.6 is 0 Å². The highest BCUT2D eigenvalue weighted by atomic mass is 16.5. The van der Waals surface area contributed by atoms with Gasteiger partial charge in [-0.15, -0.1) is 0 Å². The lowest BCUT2D eigenvalue weighted by Gasteiger charge is -2.34.